The van der Waals surface area contributed by atoms with Gasteiger partial charge in [0.15, 0.2) is 0 Å². The van der Waals surface area contributed by atoms with Gasteiger partial charge in [-0.1, -0.05) is 18.2 Å². The molecule has 26 heavy (non-hydrogen) atoms. The van der Waals surface area contributed by atoms with Crippen LogP contribution in [0.15, 0.2) is 36.5 Å². The highest BCUT2D eigenvalue weighted by Gasteiger charge is 2.44. The number of rotatable bonds is 4. The molecule has 0 bridgehead atoms. The maximum atomic E-state index is 10.9. The van der Waals surface area contributed by atoms with Crippen molar-refractivity contribution in [3.05, 3.63) is 48.0 Å². The van der Waals surface area contributed by atoms with E-state index in [1.165, 1.54) is 12.1 Å². The van der Waals surface area contributed by atoms with Gasteiger partial charge in [0.05, 0.1) is 24.1 Å². The zero-order valence-electron chi connectivity index (χ0n) is 15.8. The summed E-state index contributed by atoms with van der Waals surface area (Å²) in [5.74, 6) is 1.18. The largest absolute Gasteiger partial charge is 0.390 e. The molecular formula is C21H29N3O2. The molecule has 0 saturated carbocycles. The van der Waals surface area contributed by atoms with Gasteiger partial charge in [-0.25, -0.2) is 4.98 Å². The SMILES string of the molecule is Cc1ncc(CN2CCCC2C2COCCC2(C)O)n1-c1ccccc1. The van der Waals surface area contributed by atoms with Gasteiger partial charge in [0, 0.05) is 30.8 Å². The molecule has 1 aromatic heterocycles. The Morgan fingerprint density at radius 2 is 2.12 bits per heavy atom. The molecule has 2 aliphatic heterocycles. The van der Waals surface area contributed by atoms with Gasteiger partial charge in [-0.3, -0.25) is 9.47 Å². The van der Waals surface area contributed by atoms with Crippen LogP contribution in [-0.4, -0.2) is 51.0 Å². The van der Waals surface area contributed by atoms with Crippen molar-refractivity contribution in [1.82, 2.24) is 14.5 Å². The summed E-state index contributed by atoms with van der Waals surface area (Å²) in [6.07, 6.45) is 5.02. The monoisotopic (exact) mass is 355 g/mol. The maximum absolute atomic E-state index is 10.9. The second-order valence-electron chi connectivity index (χ2n) is 7.94. The standard InChI is InChI=1S/C21H29N3O2/c1-16-22-13-18(24(16)17-7-4-3-5-8-17)14-23-11-6-9-20(23)19-15-26-12-10-21(19,2)25/h3-5,7-8,13,19-20,25H,6,9-12,14-15H2,1-2H3. The number of aromatic nitrogens is 2. The Hall–Kier alpha value is -1.69. The zero-order valence-corrected chi connectivity index (χ0v) is 15.8. The first-order valence-electron chi connectivity index (χ1n) is 9.69. The summed E-state index contributed by atoms with van der Waals surface area (Å²) in [5.41, 5.74) is 1.72. The van der Waals surface area contributed by atoms with E-state index in [1.807, 2.05) is 19.2 Å². The van der Waals surface area contributed by atoms with E-state index < -0.39 is 5.60 Å². The number of hydrogen-bond donors (Lipinski definition) is 1. The lowest BCUT2D eigenvalue weighted by atomic mass is 9.79. The molecule has 0 amide bonds. The minimum atomic E-state index is -0.638. The van der Waals surface area contributed by atoms with E-state index in [0.717, 1.165) is 37.4 Å². The Morgan fingerprint density at radius 1 is 1.31 bits per heavy atom. The molecule has 3 unspecified atom stereocenters. The molecule has 3 atom stereocenters. The molecule has 0 aliphatic carbocycles. The fraction of sp³-hybridized carbons (Fsp3) is 0.571. The molecule has 5 nitrogen and oxygen atoms in total. The van der Waals surface area contributed by atoms with E-state index in [1.54, 1.807) is 0 Å². The highest BCUT2D eigenvalue weighted by atomic mass is 16.5. The van der Waals surface area contributed by atoms with E-state index in [9.17, 15) is 5.11 Å². The first-order valence-corrected chi connectivity index (χ1v) is 9.69. The van der Waals surface area contributed by atoms with Gasteiger partial charge in [0.1, 0.15) is 5.82 Å². The van der Waals surface area contributed by atoms with E-state index in [2.05, 4.69) is 45.6 Å². The Balaban J connectivity index is 1.58. The molecule has 2 fully saturated rings. The summed E-state index contributed by atoms with van der Waals surface area (Å²) >= 11 is 0. The highest BCUT2D eigenvalue weighted by Crippen LogP contribution is 2.36. The van der Waals surface area contributed by atoms with E-state index in [4.69, 9.17) is 4.74 Å². The van der Waals surface area contributed by atoms with Gasteiger partial charge in [-0.15, -0.1) is 0 Å². The summed E-state index contributed by atoms with van der Waals surface area (Å²) in [6.45, 7) is 7.28. The average molecular weight is 355 g/mol. The molecule has 2 saturated heterocycles. The van der Waals surface area contributed by atoms with Gasteiger partial charge in [-0.05, 0) is 51.8 Å². The number of likely N-dealkylation sites (tertiary alicyclic amines) is 1. The quantitative estimate of drug-likeness (QED) is 0.916. The van der Waals surface area contributed by atoms with Crippen LogP contribution in [0.4, 0.5) is 0 Å². The number of hydrogen-bond acceptors (Lipinski definition) is 4. The van der Waals surface area contributed by atoms with Crippen LogP contribution >= 0.6 is 0 Å². The molecule has 1 aromatic carbocycles. The topological polar surface area (TPSA) is 50.5 Å². The van der Waals surface area contributed by atoms with Crippen molar-refractivity contribution < 1.29 is 9.84 Å². The van der Waals surface area contributed by atoms with Crippen molar-refractivity contribution in [2.45, 2.75) is 51.3 Å². The second kappa shape index (κ2) is 7.14. The molecule has 4 rings (SSSR count). The molecule has 140 valence electrons. The number of ether oxygens (including phenoxy) is 1. The van der Waals surface area contributed by atoms with Crippen LogP contribution in [0, 0.1) is 12.8 Å². The van der Waals surface area contributed by atoms with Crippen LogP contribution in [0.5, 0.6) is 0 Å². The lowest BCUT2D eigenvalue weighted by molar-refractivity contribution is -0.123. The number of nitrogens with zero attached hydrogens (tertiary/aromatic N) is 3. The van der Waals surface area contributed by atoms with Crippen LogP contribution in [0.2, 0.25) is 0 Å². The van der Waals surface area contributed by atoms with Gasteiger partial charge >= 0.3 is 0 Å². The fourth-order valence-electron chi connectivity index (χ4n) is 4.62. The molecular weight excluding hydrogens is 326 g/mol. The predicted octanol–water partition coefficient (Wildman–Crippen LogP) is 2.93. The molecule has 2 aliphatic rings. The predicted molar refractivity (Wildman–Crippen MR) is 101 cm³/mol. The molecule has 0 spiro atoms. The summed E-state index contributed by atoms with van der Waals surface area (Å²) in [4.78, 5) is 7.08. The first-order chi connectivity index (χ1) is 12.6. The van der Waals surface area contributed by atoms with Crippen LogP contribution in [0.25, 0.3) is 5.69 Å². The Labute approximate surface area is 155 Å². The third kappa shape index (κ3) is 3.31. The van der Waals surface area contributed by atoms with Crippen molar-refractivity contribution in [3.63, 3.8) is 0 Å². The maximum Gasteiger partial charge on any atom is 0.110 e. The third-order valence-corrected chi connectivity index (χ3v) is 6.12. The summed E-state index contributed by atoms with van der Waals surface area (Å²) in [6, 6.07) is 10.8. The number of imidazole rings is 1. The van der Waals surface area contributed by atoms with Crippen LogP contribution < -0.4 is 0 Å². The Bertz CT molecular complexity index is 741. The summed E-state index contributed by atoms with van der Waals surface area (Å²) < 4.78 is 7.96. The molecule has 3 heterocycles. The zero-order chi connectivity index (χ0) is 18.1. The minimum Gasteiger partial charge on any atom is -0.390 e. The van der Waals surface area contributed by atoms with E-state index in [-0.39, 0.29) is 5.92 Å². The Morgan fingerprint density at radius 3 is 2.88 bits per heavy atom. The van der Waals surface area contributed by atoms with Crippen molar-refractivity contribution in [1.29, 1.82) is 0 Å². The Kier molecular flexibility index (Phi) is 4.86. The van der Waals surface area contributed by atoms with Gasteiger partial charge < -0.3 is 9.84 Å². The van der Waals surface area contributed by atoms with Gasteiger partial charge in [0.25, 0.3) is 0 Å². The summed E-state index contributed by atoms with van der Waals surface area (Å²) in [7, 11) is 0. The van der Waals surface area contributed by atoms with Crippen molar-refractivity contribution in [2.75, 3.05) is 19.8 Å². The average Bonchev–Trinajstić information content (AvgIpc) is 3.22. The normalized spacial score (nSPS) is 30.0. The van der Waals surface area contributed by atoms with E-state index in [0.29, 0.717) is 19.3 Å². The van der Waals surface area contributed by atoms with E-state index >= 15 is 0 Å². The number of para-hydroxylation sites is 1. The number of aliphatic hydroxyl groups is 1. The molecule has 1 N–H and O–H groups in total. The van der Waals surface area contributed by atoms with Crippen LogP contribution in [-0.2, 0) is 11.3 Å². The highest BCUT2D eigenvalue weighted by molar-refractivity contribution is 5.35. The minimum absolute atomic E-state index is 0.174. The smallest absolute Gasteiger partial charge is 0.110 e. The van der Waals surface area contributed by atoms with Crippen molar-refractivity contribution >= 4 is 0 Å². The lowest BCUT2D eigenvalue weighted by Gasteiger charge is -2.43. The van der Waals surface area contributed by atoms with Gasteiger partial charge in [0.2, 0.25) is 0 Å². The summed E-state index contributed by atoms with van der Waals surface area (Å²) in [5, 5.41) is 10.9. The molecule has 0 radical (unpaired) electrons. The lowest BCUT2D eigenvalue weighted by Crippen LogP contribution is -2.52. The van der Waals surface area contributed by atoms with Crippen LogP contribution in [0.1, 0.15) is 37.7 Å². The first kappa shape index (κ1) is 17.7. The second-order valence-corrected chi connectivity index (χ2v) is 7.94. The van der Waals surface area contributed by atoms with Crippen molar-refractivity contribution in [3.8, 4) is 5.69 Å². The fourth-order valence-corrected chi connectivity index (χ4v) is 4.62. The van der Waals surface area contributed by atoms with Crippen LogP contribution in [0.3, 0.4) is 0 Å². The van der Waals surface area contributed by atoms with Crippen molar-refractivity contribution in [2.24, 2.45) is 5.92 Å². The van der Waals surface area contributed by atoms with Gasteiger partial charge in [-0.2, -0.15) is 0 Å². The number of benzene rings is 1. The molecule has 2 aromatic rings. The third-order valence-electron chi connectivity index (χ3n) is 6.12. The number of aryl methyl sites for hydroxylation is 1. The molecule has 5 heteroatoms.